The first kappa shape index (κ1) is 15.2. The van der Waals surface area contributed by atoms with Crippen LogP contribution in [-0.2, 0) is 0 Å². The zero-order valence-electron chi connectivity index (χ0n) is 10.2. The molecule has 21 heavy (non-hydrogen) atoms. The molecule has 0 bridgehead atoms. The van der Waals surface area contributed by atoms with E-state index in [1.807, 2.05) is 22.6 Å². The normalized spacial score (nSPS) is 10.2. The lowest BCUT2D eigenvalue weighted by atomic mass is 10.2. The maximum absolute atomic E-state index is 13.5. The Kier molecular flexibility index (Phi) is 4.36. The van der Waals surface area contributed by atoms with Crippen molar-refractivity contribution in [3.63, 3.8) is 0 Å². The Hall–Kier alpha value is -2.23. The first-order valence-electron chi connectivity index (χ1n) is 5.53. The van der Waals surface area contributed by atoms with Crippen molar-refractivity contribution in [2.45, 2.75) is 0 Å². The highest BCUT2D eigenvalue weighted by molar-refractivity contribution is 14.1. The zero-order valence-corrected chi connectivity index (χ0v) is 12.4. The van der Waals surface area contributed by atoms with Crippen LogP contribution in [0.1, 0.15) is 10.4 Å². The molecule has 0 amide bonds. The number of rotatable bonds is 4. The van der Waals surface area contributed by atoms with Gasteiger partial charge in [0.25, 0.3) is 0 Å². The molecule has 0 unspecified atom stereocenters. The van der Waals surface area contributed by atoms with Crippen molar-refractivity contribution in [3.05, 3.63) is 61.5 Å². The quantitative estimate of drug-likeness (QED) is 0.476. The average molecular weight is 403 g/mol. The van der Waals surface area contributed by atoms with Gasteiger partial charge in [-0.25, -0.2) is 9.18 Å². The summed E-state index contributed by atoms with van der Waals surface area (Å²) in [5, 5.41) is 19.7. The van der Waals surface area contributed by atoms with Crippen molar-refractivity contribution in [2.75, 3.05) is 0 Å². The number of nitro groups is 1. The van der Waals surface area contributed by atoms with E-state index in [9.17, 15) is 19.3 Å². The Labute approximate surface area is 131 Å². The van der Waals surface area contributed by atoms with Crippen molar-refractivity contribution < 1.29 is 24.0 Å². The summed E-state index contributed by atoms with van der Waals surface area (Å²) in [5.74, 6) is -2.46. The number of carboxylic acid groups (broad SMARTS) is 1. The third-order valence-electron chi connectivity index (χ3n) is 2.52. The van der Waals surface area contributed by atoms with Crippen LogP contribution in [0.15, 0.2) is 36.4 Å². The van der Waals surface area contributed by atoms with E-state index in [4.69, 9.17) is 9.84 Å². The van der Waals surface area contributed by atoms with Gasteiger partial charge < -0.3 is 9.84 Å². The predicted molar refractivity (Wildman–Crippen MR) is 79.2 cm³/mol. The molecule has 6 nitrogen and oxygen atoms in total. The molecule has 0 aliphatic heterocycles. The Bertz CT molecular complexity index is 734. The Morgan fingerprint density at radius 3 is 2.57 bits per heavy atom. The number of nitro benzene ring substituents is 1. The lowest BCUT2D eigenvalue weighted by Crippen LogP contribution is -2.00. The number of carboxylic acids is 1. The number of nitrogens with zero attached hydrogens (tertiary/aromatic N) is 1. The first-order chi connectivity index (χ1) is 9.88. The molecule has 0 atom stereocenters. The monoisotopic (exact) mass is 403 g/mol. The second kappa shape index (κ2) is 6.04. The van der Waals surface area contributed by atoms with E-state index < -0.39 is 22.3 Å². The van der Waals surface area contributed by atoms with Crippen LogP contribution in [0.5, 0.6) is 11.5 Å². The molecule has 1 N–H and O–H groups in total. The van der Waals surface area contributed by atoms with E-state index in [1.54, 1.807) is 6.07 Å². The number of aromatic carboxylic acids is 1. The summed E-state index contributed by atoms with van der Waals surface area (Å²) in [6.07, 6.45) is 0. The molecule has 2 aromatic carbocycles. The van der Waals surface area contributed by atoms with Crippen LogP contribution < -0.4 is 4.74 Å². The van der Waals surface area contributed by atoms with Crippen molar-refractivity contribution in [1.29, 1.82) is 0 Å². The number of ether oxygens (including phenoxy) is 1. The third-order valence-corrected chi connectivity index (χ3v) is 3.19. The summed E-state index contributed by atoms with van der Waals surface area (Å²) in [4.78, 5) is 21.0. The summed E-state index contributed by atoms with van der Waals surface area (Å²) in [5.41, 5.74) is -0.760. The first-order valence-corrected chi connectivity index (χ1v) is 6.61. The van der Waals surface area contributed by atoms with E-state index in [1.165, 1.54) is 18.2 Å². The maximum Gasteiger partial charge on any atom is 0.338 e. The van der Waals surface area contributed by atoms with Gasteiger partial charge in [0, 0.05) is 15.7 Å². The molecule has 0 aliphatic carbocycles. The van der Waals surface area contributed by atoms with E-state index in [2.05, 4.69) is 0 Å². The highest BCUT2D eigenvalue weighted by Gasteiger charge is 2.17. The third kappa shape index (κ3) is 3.45. The van der Waals surface area contributed by atoms with Crippen LogP contribution in [0, 0.1) is 19.5 Å². The second-order valence-electron chi connectivity index (χ2n) is 3.92. The molecule has 0 aromatic heterocycles. The van der Waals surface area contributed by atoms with Crippen LogP contribution >= 0.6 is 22.6 Å². The SMILES string of the molecule is O=C(O)c1ccc(Oc2ccc(I)cc2[N+](=O)[O-])cc1F. The molecule has 0 saturated heterocycles. The lowest BCUT2D eigenvalue weighted by Gasteiger charge is -2.07. The van der Waals surface area contributed by atoms with E-state index in [-0.39, 0.29) is 17.2 Å². The van der Waals surface area contributed by atoms with Gasteiger partial charge in [-0.15, -0.1) is 0 Å². The lowest BCUT2D eigenvalue weighted by molar-refractivity contribution is -0.385. The fourth-order valence-corrected chi connectivity index (χ4v) is 2.05. The summed E-state index contributed by atoms with van der Waals surface area (Å²) in [6, 6.07) is 7.44. The molecule has 0 saturated carbocycles. The van der Waals surface area contributed by atoms with E-state index >= 15 is 0 Å². The molecule has 0 aliphatic rings. The van der Waals surface area contributed by atoms with Gasteiger partial charge in [0.15, 0.2) is 0 Å². The minimum absolute atomic E-state index is 0.0261. The van der Waals surface area contributed by atoms with Gasteiger partial charge in [0.2, 0.25) is 5.75 Å². The van der Waals surface area contributed by atoms with E-state index in [0.717, 1.165) is 12.1 Å². The van der Waals surface area contributed by atoms with Crippen molar-refractivity contribution in [2.24, 2.45) is 0 Å². The molecular weight excluding hydrogens is 396 g/mol. The number of benzene rings is 2. The molecule has 2 aromatic rings. The van der Waals surface area contributed by atoms with Crippen LogP contribution in [0.4, 0.5) is 10.1 Å². The number of carbonyl (C=O) groups is 1. The largest absolute Gasteiger partial charge is 0.478 e. The van der Waals surface area contributed by atoms with Crippen molar-refractivity contribution in [1.82, 2.24) is 0 Å². The molecule has 0 fully saturated rings. The molecule has 108 valence electrons. The minimum Gasteiger partial charge on any atom is -0.478 e. The Morgan fingerprint density at radius 2 is 2.00 bits per heavy atom. The van der Waals surface area contributed by atoms with Crippen LogP contribution in [0.2, 0.25) is 0 Å². The summed E-state index contributed by atoms with van der Waals surface area (Å²) in [6.45, 7) is 0. The fraction of sp³-hybridized carbons (Fsp3) is 0. The van der Waals surface area contributed by atoms with Gasteiger partial charge in [0.05, 0.1) is 10.5 Å². The fourth-order valence-electron chi connectivity index (χ4n) is 1.58. The molecular formula is C13H7FINO5. The molecule has 0 spiro atoms. The number of hydrogen-bond donors (Lipinski definition) is 1. The Morgan fingerprint density at radius 1 is 1.29 bits per heavy atom. The predicted octanol–water partition coefficient (Wildman–Crippen LogP) is 3.83. The average Bonchev–Trinajstić information content (AvgIpc) is 2.40. The summed E-state index contributed by atoms with van der Waals surface area (Å²) in [7, 11) is 0. The highest BCUT2D eigenvalue weighted by Crippen LogP contribution is 2.33. The number of halogens is 2. The van der Waals surface area contributed by atoms with Gasteiger partial charge >= 0.3 is 11.7 Å². The molecule has 2 rings (SSSR count). The zero-order chi connectivity index (χ0) is 15.6. The maximum atomic E-state index is 13.5. The Balaban J connectivity index is 2.37. The van der Waals surface area contributed by atoms with Gasteiger partial charge in [-0.3, -0.25) is 10.1 Å². The van der Waals surface area contributed by atoms with Crippen LogP contribution in [0.25, 0.3) is 0 Å². The summed E-state index contributed by atoms with van der Waals surface area (Å²) >= 11 is 1.92. The molecule has 0 radical (unpaired) electrons. The van der Waals surface area contributed by atoms with Crippen molar-refractivity contribution >= 4 is 34.2 Å². The highest BCUT2D eigenvalue weighted by atomic mass is 127. The van der Waals surface area contributed by atoms with Gasteiger partial charge in [0.1, 0.15) is 11.6 Å². The van der Waals surface area contributed by atoms with Crippen LogP contribution in [0.3, 0.4) is 0 Å². The van der Waals surface area contributed by atoms with Crippen molar-refractivity contribution in [3.8, 4) is 11.5 Å². The summed E-state index contributed by atoms with van der Waals surface area (Å²) < 4.78 is 19.4. The topological polar surface area (TPSA) is 89.7 Å². The number of hydrogen-bond acceptors (Lipinski definition) is 4. The van der Waals surface area contributed by atoms with Gasteiger partial charge in [-0.2, -0.15) is 0 Å². The standard InChI is InChI=1S/C13H7FINO5/c14-10-6-8(2-3-9(10)13(17)18)21-12-4-1-7(15)5-11(12)16(19)20/h1-6H,(H,17,18). The minimum atomic E-state index is -1.40. The van der Waals surface area contributed by atoms with E-state index in [0.29, 0.717) is 3.57 Å². The second-order valence-corrected chi connectivity index (χ2v) is 5.16. The molecule has 8 heteroatoms. The van der Waals surface area contributed by atoms with Gasteiger partial charge in [-0.1, -0.05) is 0 Å². The smallest absolute Gasteiger partial charge is 0.338 e. The van der Waals surface area contributed by atoms with Gasteiger partial charge in [-0.05, 0) is 46.9 Å². The van der Waals surface area contributed by atoms with Crippen LogP contribution in [-0.4, -0.2) is 16.0 Å². The molecule has 0 heterocycles.